The van der Waals surface area contributed by atoms with Crippen molar-refractivity contribution in [2.24, 2.45) is 0 Å². The van der Waals surface area contributed by atoms with Gasteiger partial charge in [0, 0.05) is 45.0 Å². The summed E-state index contributed by atoms with van der Waals surface area (Å²) in [6.07, 6.45) is 3.13. The predicted octanol–water partition coefficient (Wildman–Crippen LogP) is 7.13. The standard InChI is InChI=1S/C29H27Cl3N2O3/c1-29(22-14-18(7-10-24(22)32)27(35)33-12-4-3-5-13-33)23-15-20(30)9-11-25(23)34(28(29)36)17-19-6-8-21(31)16-26(19)37-2/h6-11,14-16H,3-5,12-13,17H2,1-2H3. The molecular weight excluding hydrogens is 531 g/mol. The molecule has 0 aromatic heterocycles. The average molecular weight is 558 g/mol. The van der Waals surface area contributed by atoms with Crippen molar-refractivity contribution in [1.29, 1.82) is 0 Å². The van der Waals surface area contributed by atoms with Crippen molar-refractivity contribution >= 4 is 52.3 Å². The third kappa shape index (κ3) is 4.58. The van der Waals surface area contributed by atoms with E-state index in [1.807, 2.05) is 30.0 Å². The summed E-state index contributed by atoms with van der Waals surface area (Å²) in [5.41, 5.74) is 2.24. The Hall–Kier alpha value is -2.73. The van der Waals surface area contributed by atoms with Crippen LogP contribution in [0.2, 0.25) is 15.1 Å². The largest absolute Gasteiger partial charge is 0.496 e. The Bertz CT molecular complexity index is 1390. The quantitative estimate of drug-likeness (QED) is 0.335. The molecule has 0 radical (unpaired) electrons. The number of likely N-dealkylation sites (tertiary alicyclic amines) is 1. The number of benzene rings is 3. The molecule has 0 N–H and O–H groups in total. The Morgan fingerprint density at radius 2 is 1.62 bits per heavy atom. The highest BCUT2D eigenvalue weighted by atomic mass is 35.5. The summed E-state index contributed by atoms with van der Waals surface area (Å²) in [4.78, 5) is 31.2. The molecule has 192 valence electrons. The number of hydrogen-bond acceptors (Lipinski definition) is 3. The van der Waals surface area contributed by atoms with Crippen molar-refractivity contribution < 1.29 is 14.3 Å². The molecule has 1 saturated heterocycles. The molecular formula is C29H27Cl3N2O3. The molecule has 5 nitrogen and oxygen atoms in total. The third-order valence-electron chi connectivity index (χ3n) is 7.43. The summed E-state index contributed by atoms with van der Waals surface area (Å²) in [5, 5.41) is 1.48. The fraction of sp³-hybridized carbons (Fsp3) is 0.310. The van der Waals surface area contributed by atoms with Gasteiger partial charge >= 0.3 is 0 Å². The van der Waals surface area contributed by atoms with Gasteiger partial charge in [-0.25, -0.2) is 0 Å². The van der Waals surface area contributed by atoms with Gasteiger partial charge in [-0.1, -0.05) is 40.9 Å². The zero-order valence-corrected chi connectivity index (χ0v) is 23.0. The zero-order valence-electron chi connectivity index (χ0n) is 20.7. The van der Waals surface area contributed by atoms with E-state index in [1.165, 1.54) is 0 Å². The fourth-order valence-electron chi connectivity index (χ4n) is 5.40. The molecule has 3 aromatic rings. The first-order chi connectivity index (χ1) is 17.7. The first kappa shape index (κ1) is 25.9. The second kappa shape index (κ2) is 10.2. The molecule has 2 aliphatic rings. The molecule has 0 aliphatic carbocycles. The van der Waals surface area contributed by atoms with E-state index >= 15 is 0 Å². The number of anilines is 1. The van der Waals surface area contributed by atoms with E-state index < -0.39 is 5.41 Å². The lowest BCUT2D eigenvalue weighted by Gasteiger charge is -2.29. The van der Waals surface area contributed by atoms with Crippen LogP contribution in [0.15, 0.2) is 54.6 Å². The lowest BCUT2D eigenvalue weighted by molar-refractivity contribution is -0.121. The van der Waals surface area contributed by atoms with E-state index in [2.05, 4.69) is 0 Å². The molecule has 8 heteroatoms. The van der Waals surface area contributed by atoms with Crippen LogP contribution in [0.4, 0.5) is 5.69 Å². The molecule has 2 aliphatic heterocycles. The number of carbonyl (C=O) groups excluding carboxylic acids is 2. The lowest BCUT2D eigenvalue weighted by Crippen LogP contribution is -2.39. The van der Waals surface area contributed by atoms with Crippen molar-refractivity contribution in [2.75, 3.05) is 25.1 Å². The van der Waals surface area contributed by atoms with Crippen molar-refractivity contribution in [2.45, 2.75) is 38.1 Å². The second-order valence-electron chi connectivity index (χ2n) is 9.68. The summed E-state index contributed by atoms with van der Waals surface area (Å²) in [5.74, 6) is 0.392. The summed E-state index contributed by atoms with van der Waals surface area (Å²) >= 11 is 19.3. The first-order valence-corrected chi connectivity index (χ1v) is 13.4. The van der Waals surface area contributed by atoms with Crippen LogP contribution in [0.5, 0.6) is 5.75 Å². The SMILES string of the molecule is COc1cc(Cl)ccc1CN1C(=O)C(C)(c2cc(C(=O)N3CCCCC3)ccc2Cl)c2cc(Cl)ccc21. The summed E-state index contributed by atoms with van der Waals surface area (Å²) in [6, 6.07) is 16.0. The molecule has 2 amide bonds. The molecule has 0 saturated carbocycles. The van der Waals surface area contributed by atoms with Crippen molar-refractivity contribution in [3.63, 3.8) is 0 Å². The minimum atomic E-state index is -1.14. The number of hydrogen-bond donors (Lipinski definition) is 0. The van der Waals surface area contributed by atoms with E-state index in [4.69, 9.17) is 39.5 Å². The van der Waals surface area contributed by atoms with E-state index in [0.717, 1.165) is 49.2 Å². The van der Waals surface area contributed by atoms with Gasteiger partial charge in [0.25, 0.3) is 5.91 Å². The molecule has 0 spiro atoms. The van der Waals surface area contributed by atoms with Crippen LogP contribution in [0.1, 0.15) is 53.2 Å². The second-order valence-corrected chi connectivity index (χ2v) is 11.0. The minimum Gasteiger partial charge on any atom is -0.496 e. The molecule has 5 rings (SSSR count). The normalized spacial score (nSPS) is 19.2. The monoisotopic (exact) mass is 556 g/mol. The maximum absolute atomic E-state index is 14.3. The molecule has 1 atom stereocenters. The highest BCUT2D eigenvalue weighted by molar-refractivity contribution is 6.33. The summed E-state index contributed by atoms with van der Waals surface area (Å²) in [7, 11) is 1.57. The lowest BCUT2D eigenvalue weighted by atomic mass is 9.76. The van der Waals surface area contributed by atoms with Crippen molar-refractivity contribution in [1.82, 2.24) is 4.90 Å². The predicted molar refractivity (Wildman–Crippen MR) is 148 cm³/mol. The molecule has 1 fully saturated rings. The minimum absolute atomic E-state index is 0.0410. The van der Waals surface area contributed by atoms with Gasteiger partial charge in [-0.15, -0.1) is 0 Å². The van der Waals surface area contributed by atoms with Crippen LogP contribution in [-0.2, 0) is 16.8 Å². The first-order valence-electron chi connectivity index (χ1n) is 12.3. The summed E-state index contributed by atoms with van der Waals surface area (Å²) in [6.45, 7) is 3.59. The molecule has 1 unspecified atom stereocenters. The van der Waals surface area contributed by atoms with Gasteiger partial charge in [-0.3, -0.25) is 9.59 Å². The van der Waals surface area contributed by atoms with Crippen LogP contribution in [0.25, 0.3) is 0 Å². The number of piperidine rings is 1. The van der Waals surface area contributed by atoms with E-state index in [1.54, 1.807) is 48.4 Å². The summed E-state index contributed by atoms with van der Waals surface area (Å²) < 4.78 is 5.53. The zero-order chi connectivity index (χ0) is 26.3. The number of fused-ring (bicyclic) bond motifs is 1. The number of nitrogens with zero attached hydrogens (tertiary/aromatic N) is 2. The van der Waals surface area contributed by atoms with Crippen LogP contribution < -0.4 is 9.64 Å². The fourth-order valence-corrected chi connectivity index (χ4v) is 6.04. The third-order valence-corrected chi connectivity index (χ3v) is 8.23. The molecule has 37 heavy (non-hydrogen) atoms. The van der Waals surface area contributed by atoms with E-state index in [-0.39, 0.29) is 18.4 Å². The molecule has 3 aromatic carbocycles. The van der Waals surface area contributed by atoms with Gasteiger partial charge in [0.1, 0.15) is 11.2 Å². The Kier molecular flexibility index (Phi) is 7.14. The molecule has 2 heterocycles. The number of amides is 2. The number of ether oxygens (including phenoxy) is 1. The van der Waals surface area contributed by atoms with E-state index in [9.17, 15) is 9.59 Å². The maximum atomic E-state index is 14.3. The molecule has 0 bridgehead atoms. The van der Waals surface area contributed by atoms with Crippen molar-refractivity contribution in [3.8, 4) is 5.75 Å². The van der Waals surface area contributed by atoms with Gasteiger partial charge in [0.15, 0.2) is 0 Å². The number of carbonyl (C=O) groups is 2. The van der Waals surface area contributed by atoms with Crippen LogP contribution >= 0.6 is 34.8 Å². The van der Waals surface area contributed by atoms with Crippen LogP contribution in [0.3, 0.4) is 0 Å². The average Bonchev–Trinajstić information content (AvgIpc) is 3.11. The Morgan fingerprint density at radius 1 is 0.919 bits per heavy atom. The number of halogens is 3. The van der Waals surface area contributed by atoms with E-state index in [0.29, 0.717) is 31.9 Å². The van der Waals surface area contributed by atoms with Gasteiger partial charge < -0.3 is 14.5 Å². The Morgan fingerprint density at radius 3 is 2.35 bits per heavy atom. The maximum Gasteiger partial charge on any atom is 0.253 e. The smallest absolute Gasteiger partial charge is 0.253 e. The highest BCUT2D eigenvalue weighted by Gasteiger charge is 2.50. The van der Waals surface area contributed by atoms with Crippen LogP contribution in [0, 0.1) is 0 Å². The van der Waals surface area contributed by atoms with Crippen LogP contribution in [-0.4, -0.2) is 36.9 Å². The topological polar surface area (TPSA) is 49.9 Å². The highest BCUT2D eigenvalue weighted by Crippen LogP contribution is 2.49. The Labute approximate surface area is 231 Å². The number of methoxy groups -OCH3 is 1. The van der Waals surface area contributed by atoms with Crippen molar-refractivity contribution in [3.05, 3.63) is 91.9 Å². The Balaban J connectivity index is 1.59. The number of rotatable bonds is 5. The van der Waals surface area contributed by atoms with Gasteiger partial charge in [0.05, 0.1) is 13.7 Å². The van der Waals surface area contributed by atoms with Gasteiger partial charge in [0.2, 0.25) is 5.91 Å². The van der Waals surface area contributed by atoms with Gasteiger partial charge in [-0.05, 0) is 85.8 Å². The van der Waals surface area contributed by atoms with Gasteiger partial charge in [-0.2, -0.15) is 0 Å².